The van der Waals surface area contributed by atoms with E-state index in [-0.39, 0.29) is 11.6 Å². The largest absolute Gasteiger partial charge is 0.341 e. The molecule has 1 N–H and O–H groups in total. The van der Waals surface area contributed by atoms with E-state index in [0.29, 0.717) is 0 Å². The number of hydrogen-bond donors (Lipinski definition) is 1. The number of aryl methyl sites for hydroxylation is 1. The van der Waals surface area contributed by atoms with Crippen molar-refractivity contribution in [2.75, 3.05) is 0 Å². The van der Waals surface area contributed by atoms with Crippen LogP contribution in [0.15, 0.2) is 54.1 Å². The minimum atomic E-state index is -1.64. The van der Waals surface area contributed by atoms with Gasteiger partial charge < -0.3 is 9.98 Å². The number of aromatic nitrogens is 1. The molecule has 0 amide bonds. The van der Waals surface area contributed by atoms with Gasteiger partial charge in [0, 0.05) is 34.3 Å². The lowest BCUT2D eigenvalue weighted by molar-refractivity contribution is 0.320. The van der Waals surface area contributed by atoms with Crippen LogP contribution in [0.1, 0.15) is 37.7 Å². The third-order valence-corrected chi connectivity index (χ3v) is 7.40. The average molecular weight is 418 g/mol. The maximum Gasteiger partial charge on any atom is 0.189 e. The Morgan fingerprint density at radius 2 is 1.81 bits per heavy atom. The number of allylic oxidation sites excluding steroid dienone is 2. The molecule has 0 unspecified atom stereocenters. The Labute approximate surface area is 187 Å². The van der Waals surface area contributed by atoms with Gasteiger partial charge in [0.2, 0.25) is 0 Å². The minimum absolute atomic E-state index is 0.0736. The Bertz CT molecular complexity index is 1400. The second-order valence-corrected chi connectivity index (χ2v) is 8.76. The molecule has 156 valence electrons. The molecule has 5 nitrogen and oxygen atoms in total. The van der Waals surface area contributed by atoms with Gasteiger partial charge in [0.05, 0.1) is 23.9 Å². The van der Waals surface area contributed by atoms with Gasteiger partial charge in [-0.1, -0.05) is 30.3 Å². The summed E-state index contributed by atoms with van der Waals surface area (Å²) in [4.78, 5) is 0. The molecule has 5 rings (SSSR count). The highest BCUT2D eigenvalue weighted by atomic mass is 15.0. The number of fused-ring (bicyclic) bond motifs is 4. The van der Waals surface area contributed by atoms with Gasteiger partial charge in [-0.25, -0.2) is 0 Å². The highest BCUT2D eigenvalue weighted by Crippen LogP contribution is 2.55. The van der Waals surface area contributed by atoms with Gasteiger partial charge in [-0.05, 0) is 61.4 Å². The predicted octanol–water partition coefficient (Wildman–Crippen LogP) is 5.83. The van der Waals surface area contributed by atoms with E-state index in [1.165, 1.54) is 0 Å². The normalized spacial score (nSPS) is 24.2. The van der Waals surface area contributed by atoms with Crippen LogP contribution in [0.3, 0.4) is 0 Å². The lowest BCUT2D eigenvalue weighted by Crippen LogP contribution is -2.48. The van der Waals surface area contributed by atoms with Crippen molar-refractivity contribution in [1.82, 2.24) is 4.57 Å². The van der Waals surface area contributed by atoms with Gasteiger partial charge in [0.15, 0.2) is 5.41 Å². The second kappa shape index (κ2) is 7.37. The molecular formula is C27H23N5. The number of nitriles is 3. The topological polar surface area (TPSA) is 100 Å². The summed E-state index contributed by atoms with van der Waals surface area (Å²) >= 11 is 0. The molecule has 1 aromatic heterocycles. The number of benzene rings is 2. The van der Waals surface area contributed by atoms with Crippen molar-refractivity contribution >= 4 is 27.5 Å². The zero-order valence-corrected chi connectivity index (χ0v) is 18.0. The summed E-state index contributed by atoms with van der Waals surface area (Å²) in [5.41, 5.74) is 2.39. The number of para-hydroxylation sites is 1. The highest BCUT2D eigenvalue weighted by molar-refractivity contribution is 6.08. The van der Waals surface area contributed by atoms with Crippen LogP contribution < -0.4 is 0 Å². The molecule has 0 saturated heterocycles. The van der Waals surface area contributed by atoms with Crippen molar-refractivity contribution in [2.45, 2.75) is 38.6 Å². The molecule has 5 heteroatoms. The Morgan fingerprint density at radius 3 is 2.53 bits per heavy atom. The fourth-order valence-electron chi connectivity index (χ4n) is 5.99. The monoisotopic (exact) mass is 417 g/mol. The minimum Gasteiger partial charge on any atom is -0.341 e. The van der Waals surface area contributed by atoms with E-state index in [9.17, 15) is 15.8 Å². The van der Waals surface area contributed by atoms with Crippen LogP contribution in [0.25, 0.3) is 21.8 Å². The first-order valence-corrected chi connectivity index (χ1v) is 11.1. The quantitative estimate of drug-likeness (QED) is 0.531. The van der Waals surface area contributed by atoms with Gasteiger partial charge in [-0.2, -0.15) is 15.8 Å². The summed E-state index contributed by atoms with van der Waals surface area (Å²) in [5, 5.41) is 41.3. The summed E-state index contributed by atoms with van der Waals surface area (Å²) in [7, 11) is 0. The van der Waals surface area contributed by atoms with Gasteiger partial charge >= 0.3 is 0 Å². The van der Waals surface area contributed by atoms with Crippen LogP contribution in [-0.4, -0.2) is 10.3 Å². The Morgan fingerprint density at radius 1 is 1.06 bits per heavy atom. The molecule has 2 aromatic carbocycles. The van der Waals surface area contributed by atoms with E-state index in [4.69, 9.17) is 5.41 Å². The van der Waals surface area contributed by atoms with Crippen molar-refractivity contribution in [3.63, 3.8) is 0 Å². The van der Waals surface area contributed by atoms with E-state index < -0.39 is 17.3 Å². The summed E-state index contributed by atoms with van der Waals surface area (Å²) in [5.74, 6) is -1.34. The molecule has 32 heavy (non-hydrogen) atoms. The molecule has 1 heterocycles. The van der Waals surface area contributed by atoms with Gasteiger partial charge in [-0.3, -0.25) is 0 Å². The predicted molar refractivity (Wildman–Crippen MR) is 124 cm³/mol. The molecule has 2 aliphatic carbocycles. The van der Waals surface area contributed by atoms with Crippen molar-refractivity contribution in [3.8, 4) is 18.2 Å². The first-order valence-electron chi connectivity index (χ1n) is 11.1. The average Bonchev–Trinajstić information content (AvgIpc) is 3.16. The fourth-order valence-corrected chi connectivity index (χ4v) is 5.99. The van der Waals surface area contributed by atoms with Crippen LogP contribution in [0.2, 0.25) is 0 Å². The van der Waals surface area contributed by atoms with E-state index in [0.717, 1.165) is 58.7 Å². The molecule has 1 saturated carbocycles. The molecule has 3 atom stereocenters. The number of hydrogen-bond acceptors (Lipinski definition) is 4. The van der Waals surface area contributed by atoms with Crippen molar-refractivity contribution in [3.05, 3.63) is 59.7 Å². The van der Waals surface area contributed by atoms with Crippen molar-refractivity contribution in [2.24, 2.45) is 17.3 Å². The van der Waals surface area contributed by atoms with Crippen LogP contribution in [-0.2, 0) is 6.54 Å². The first-order chi connectivity index (χ1) is 15.6. The third-order valence-electron chi connectivity index (χ3n) is 7.40. The zero-order chi connectivity index (χ0) is 22.5. The molecule has 1 fully saturated rings. The maximum atomic E-state index is 10.2. The lowest BCUT2D eigenvalue weighted by Gasteiger charge is -2.45. The van der Waals surface area contributed by atoms with Gasteiger partial charge in [-0.15, -0.1) is 0 Å². The second-order valence-electron chi connectivity index (χ2n) is 8.76. The number of nitrogens with zero attached hydrogens (tertiary/aromatic N) is 4. The first kappa shape index (κ1) is 20.0. The smallest absolute Gasteiger partial charge is 0.189 e. The molecular weight excluding hydrogens is 394 g/mol. The van der Waals surface area contributed by atoms with Crippen LogP contribution >= 0.6 is 0 Å². The molecule has 3 aromatic rings. The van der Waals surface area contributed by atoms with Crippen LogP contribution in [0.5, 0.6) is 0 Å². The molecule has 0 aliphatic heterocycles. The van der Waals surface area contributed by atoms with Gasteiger partial charge in [0.1, 0.15) is 5.92 Å². The number of nitrogens with one attached hydrogen (secondary N) is 1. The summed E-state index contributed by atoms with van der Waals surface area (Å²) in [6.07, 6.45) is 4.73. The summed E-state index contributed by atoms with van der Waals surface area (Å²) in [6.45, 7) is 2.97. The van der Waals surface area contributed by atoms with Crippen LogP contribution in [0, 0.1) is 56.7 Å². The molecule has 0 radical (unpaired) electrons. The standard InChI is InChI=1S/C27H23N5/c1-2-32-23-10-6-5-8-19(23)21-13-17(11-12-24(21)32)25-20-9-4-3-7-18(20)22(14-28)26(31)27(25,15-29)16-30/h5-8,10-13,20,22,25,31H,2-4,9H2,1H3/t20-,22-,25+/m1/s1. The molecule has 2 aliphatic rings. The molecule has 0 spiro atoms. The van der Waals surface area contributed by atoms with E-state index >= 15 is 0 Å². The Balaban J connectivity index is 1.79. The third kappa shape index (κ3) is 2.50. The van der Waals surface area contributed by atoms with Crippen molar-refractivity contribution in [1.29, 1.82) is 21.2 Å². The Kier molecular flexibility index (Phi) is 4.61. The molecule has 0 bridgehead atoms. The summed E-state index contributed by atoms with van der Waals surface area (Å²) < 4.78 is 2.27. The van der Waals surface area contributed by atoms with Gasteiger partial charge in [0.25, 0.3) is 0 Å². The van der Waals surface area contributed by atoms with E-state index in [2.05, 4.69) is 60.0 Å². The van der Waals surface area contributed by atoms with E-state index in [1.54, 1.807) is 0 Å². The Hall–Kier alpha value is -3.88. The number of rotatable bonds is 2. The van der Waals surface area contributed by atoms with Crippen molar-refractivity contribution < 1.29 is 0 Å². The fraction of sp³-hybridized carbons (Fsp3) is 0.333. The van der Waals surface area contributed by atoms with Crippen LogP contribution in [0.4, 0.5) is 0 Å². The lowest BCUT2D eigenvalue weighted by atomic mass is 9.53. The zero-order valence-electron chi connectivity index (χ0n) is 18.0. The maximum absolute atomic E-state index is 10.2. The SMILES string of the molecule is CCn1c2ccccc2c2cc([C@H]3[C@@H]4CCCC=C4[C@@H](C#N)C(=N)C3(C#N)C#N)ccc21. The summed E-state index contributed by atoms with van der Waals surface area (Å²) in [6, 6.07) is 21.1. The highest BCUT2D eigenvalue weighted by Gasteiger charge is 2.57. The van der Waals surface area contributed by atoms with E-state index in [1.807, 2.05) is 18.2 Å².